The van der Waals surface area contributed by atoms with E-state index < -0.39 is 0 Å². The molecule has 0 atom stereocenters. The van der Waals surface area contributed by atoms with Crippen molar-refractivity contribution in [2.24, 2.45) is 5.90 Å². The molecule has 0 bridgehead atoms. The summed E-state index contributed by atoms with van der Waals surface area (Å²) in [5.41, 5.74) is 7.43. The molecule has 2 N–H and O–H groups in total. The maximum atomic E-state index is 5.64. The molecular formula is C25H39NO. The van der Waals surface area contributed by atoms with Crippen molar-refractivity contribution in [3.8, 4) is 5.75 Å². The fraction of sp³-hybridized carbons (Fsp3) is 0.440. The molecule has 0 aromatic heterocycles. The average Bonchev–Trinajstić information content (AvgIpc) is 2.66. The Morgan fingerprint density at radius 3 is 2.11 bits per heavy atom. The molecule has 0 saturated heterocycles. The summed E-state index contributed by atoms with van der Waals surface area (Å²) in [5, 5.41) is 0. The van der Waals surface area contributed by atoms with E-state index in [1.807, 2.05) is 19.9 Å². The van der Waals surface area contributed by atoms with E-state index in [2.05, 4.69) is 72.6 Å². The molecule has 1 aromatic carbocycles. The highest BCUT2D eigenvalue weighted by atomic mass is 16.6. The molecule has 2 heteroatoms. The monoisotopic (exact) mass is 369 g/mol. The topological polar surface area (TPSA) is 35.2 Å². The number of hydrogen-bond acceptors (Lipinski definition) is 2. The van der Waals surface area contributed by atoms with Crippen LogP contribution in [-0.4, -0.2) is 0 Å². The van der Waals surface area contributed by atoms with Crippen LogP contribution in [0, 0.1) is 13.8 Å². The van der Waals surface area contributed by atoms with E-state index in [1.165, 1.54) is 27.8 Å². The van der Waals surface area contributed by atoms with Gasteiger partial charge in [0.1, 0.15) is 0 Å². The molecule has 2 rings (SSSR count). The van der Waals surface area contributed by atoms with Crippen LogP contribution >= 0.6 is 0 Å². The van der Waals surface area contributed by atoms with Crippen molar-refractivity contribution in [2.45, 2.75) is 73.1 Å². The molecule has 0 aliphatic heterocycles. The first-order chi connectivity index (χ1) is 12.8. The summed E-state index contributed by atoms with van der Waals surface area (Å²) in [6, 6.07) is 0. The molecule has 0 amide bonds. The summed E-state index contributed by atoms with van der Waals surface area (Å²) in [6.07, 6.45) is 11.7. The first kappa shape index (κ1) is 24.9. The lowest BCUT2D eigenvalue weighted by atomic mass is 9.76. The molecule has 0 heterocycles. The van der Waals surface area contributed by atoms with Gasteiger partial charge >= 0.3 is 0 Å². The second kappa shape index (κ2) is 11.6. The lowest BCUT2D eigenvalue weighted by Crippen LogP contribution is -2.19. The van der Waals surface area contributed by atoms with Crippen LogP contribution in [0.25, 0.3) is 6.08 Å². The van der Waals surface area contributed by atoms with E-state index in [4.69, 9.17) is 10.7 Å². The van der Waals surface area contributed by atoms with Crippen molar-refractivity contribution < 1.29 is 4.84 Å². The SMILES string of the molecule is C=C.C=Cc1c(C)c(C(C)(C)C)c(C)c(CC2=CCCC=C2)c1ON.CC. The standard InChI is InChI=1S/C21H29NO.C2H6.C2H4/c1-7-17-14(2)19(21(4,5)6)15(3)18(20(17)23-22)13-16-11-9-8-10-12-16;2*1-2/h7,9,11-12H,1,8,10,13,22H2,2-6H3;1-2H3;1-2H2. The third-order valence-electron chi connectivity index (χ3n) is 4.65. The predicted molar refractivity (Wildman–Crippen MR) is 122 cm³/mol. The molecule has 1 aromatic rings. The molecular weight excluding hydrogens is 330 g/mol. The van der Waals surface area contributed by atoms with Crippen LogP contribution in [0.5, 0.6) is 5.75 Å². The van der Waals surface area contributed by atoms with Crippen LogP contribution in [0.15, 0.2) is 43.5 Å². The summed E-state index contributed by atoms with van der Waals surface area (Å²) in [4.78, 5) is 5.32. The minimum atomic E-state index is 0.0601. The second-order valence-corrected chi connectivity index (χ2v) is 7.35. The average molecular weight is 370 g/mol. The molecule has 1 aliphatic rings. The van der Waals surface area contributed by atoms with E-state index in [-0.39, 0.29) is 5.41 Å². The van der Waals surface area contributed by atoms with Gasteiger partial charge in [-0.25, -0.2) is 0 Å². The van der Waals surface area contributed by atoms with Crippen molar-refractivity contribution in [1.29, 1.82) is 0 Å². The molecule has 27 heavy (non-hydrogen) atoms. The minimum absolute atomic E-state index is 0.0601. The molecule has 0 saturated carbocycles. The summed E-state index contributed by atoms with van der Waals surface area (Å²) in [7, 11) is 0. The Labute approximate surface area is 167 Å². The van der Waals surface area contributed by atoms with E-state index in [1.54, 1.807) is 0 Å². The molecule has 0 radical (unpaired) electrons. The van der Waals surface area contributed by atoms with Gasteiger partial charge in [-0.1, -0.05) is 65.5 Å². The summed E-state index contributed by atoms with van der Waals surface area (Å²) in [6.45, 7) is 25.1. The van der Waals surface area contributed by atoms with Crippen LogP contribution < -0.4 is 10.7 Å². The number of allylic oxidation sites excluding steroid dienone is 4. The van der Waals surface area contributed by atoms with Crippen molar-refractivity contribution >= 4 is 6.08 Å². The van der Waals surface area contributed by atoms with Crippen LogP contribution in [0.1, 0.15) is 75.3 Å². The van der Waals surface area contributed by atoms with Crippen molar-refractivity contribution in [3.63, 3.8) is 0 Å². The summed E-state index contributed by atoms with van der Waals surface area (Å²) >= 11 is 0. The molecule has 0 unspecified atom stereocenters. The highest BCUT2D eigenvalue weighted by Crippen LogP contribution is 2.40. The normalized spacial score (nSPS) is 12.8. The first-order valence-corrected chi connectivity index (χ1v) is 9.82. The maximum Gasteiger partial charge on any atom is 0.158 e. The van der Waals surface area contributed by atoms with E-state index >= 15 is 0 Å². The minimum Gasteiger partial charge on any atom is -0.411 e. The van der Waals surface area contributed by atoms with Gasteiger partial charge in [-0.15, -0.1) is 13.2 Å². The number of nitrogens with two attached hydrogens (primary N) is 1. The fourth-order valence-corrected chi connectivity index (χ4v) is 3.79. The van der Waals surface area contributed by atoms with E-state index in [9.17, 15) is 0 Å². The lowest BCUT2D eigenvalue weighted by Gasteiger charge is -2.29. The highest BCUT2D eigenvalue weighted by Gasteiger charge is 2.26. The van der Waals surface area contributed by atoms with Crippen LogP contribution in [0.2, 0.25) is 0 Å². The Balaban J connectivity index is 0.00000158. The largest absolute Gasteiger partial charge is 0.411 e. The quantitative estimate of drug-likeness (QED) is 0.452. The van der Waals surface area contributed by atoms with Crippen LogP contribution in [-0.2, 0) is 11.8 Å². The van der Waals surface area contributed by atoms with Gasteiger partial charge in [0, 0.05) is 17.5 Å². The van der Waals surface area contributed by atoms with Crippen molar-refractivity contribution in [1.82, 2.24) is 0 Å². The van der Waals surface area contributed by atoms with Crippen molar-refractivity contribution in [3.05, 3.63) is 71.4 Å². The predicted octanol–water partition coefficient (Wildman–Crippen LogP) is 7.14. The van der Waals surface area contributed by atoms with Gasteiger partial charge in [0.2, 0.25) is 0 Å². The van der Waals surface area contributed by atoms with Crippen LogP contribution in [0.4, 0.5) is 0 Å². The Morgan fingerprint density at radius 2 is 1.70 bits per heavy atom. The third kappa shape index (κ3) is 5.97. The smallest absolute Gasteiger partial charge is 0.158 e. The Kier molecular flexibility index (Phi) is 10.7. The molecule has 150 valence electrons. The van der Waals surface area contributed by atoms with Crippen LogP contribution in [0.3, 0.4) is 0 Å². The third-order valence-corrected chi connectivity index (χ3v) is 4.65. The maximum absolute atomic E-state index is 5.64. The molecule has 0 fully saturated rings. The molecule has 0 spiro atoms. The van der Waals surface area contributed by atoms with E-state index in [0.29, 0.717) is 0 Å². The number of hydrogen-bond donors (Lipinski definition) is 1. The van der Waals surface area contributed by atoms with Gasteiger partial charge in [0.25, 0.3) is 0 Å². The van der Waals surface area contributed by atoms with E-state index in [0.717, 1.165) is 30.6 Å². The number of rotatable bonds is 4. The zero-order chi connectivity index (χ0) is 21.2. The number of benzene rings is 1. The first-order valence-electron chi connectivity index (χ1n) is 9.82. The van der Waals surface area contributed by atoms with Gasteiger partial charge in [-0.05, 0) is 54.4 Å². The molecule has 1 aliphatic carbocycles. The summed E-state index contributed by atoms with van der Waals surface area (Å²) < 4.78 is 0. The van der Waals surface area contributed by atoms with Gasteiger partial charge in [-0.2, -0.15) is 5.90 Å². The van der Waals surface area contributed by atoms with Crippen molar-refractivity contribution in [2.75, 3.05) is 0 Å². The second-order valence-electron chi connectivity index (χ2n) is 7.35. The Hall–Kier alpha value is -2.06. The molecule has 2 nitrogen and oxygen atoms in total. The van der Waals surface area contributed by atoms with Gasteiger partial charge in [0.15, 0.2) is 5.75 Å². The zero-order valence-electron chi connectivity index (χ0n) is 18.5. The fourth-order valence-electron chi connectivity index (χ4n) is 3.79. The highest BCUT2D eigenvalue weighted by molar-refractivity contribution is 5.68. The Morgan fingerprint density at radius 1 is 1.11 bits per heavy atom. The van der Waals surface area contributed by atoms with Gasteiger partial charge in [0.05, 0.1) is 0 Å². The lowest BCUT2D eigenvalue weighted by molar-refractivity contribution is 0.329. The summed E-state index contributed by atoms with van der Waals surface area (Å²) in [5.74, 6) is 6.41. The van der Waals surface area contributed by atoms with Gasteiger partial charge in [-0.3, -0.25) is 0 Å². The van der Waals surface area contributed by atoms with Gasteiger partial charge < -0.3 is 4.84 Å². The Bertz CT molecular complexity index is 688. The zero-order valence-corrected chi connectivity index (χ0v) is 18.5.